The van der Waals surface area contributed by atoms with Crippen molar-refractivity contribution in [3.63, 3.8) is 0 Å². The molecule has 22 heavy (non-hydrogen) atoms. The average molecular weight is 314 g/mol. The maximum Gasteiger partial charge on any atom is 0.0851 e. The lowest BCUT2D eigenvalue weighted by Gasteiger charge is -2.03. The lowest BCUT2D eigenvalue weighted by molar-refractivity contribution is 0.164. The van der Waals surface area contributed by atoms with E-state index in [4.69, 9.17) is 10.3 Å². The van der Waals surface area contributed by atoms with E-state index in [1.54, 1.807) is 0 Å². The van der Waals surface area contributed by atoms with Gasteiger partial charge in [0.2, 0.25) is 0 Å². The second kappa shape index (κ2) is 18.5. The Morgan fingerprint density at radius 1 is 0.591 bits per heavy atom. The maximum absolute atomic E-state index is 8.97. The second-order valence-electron chi connectivity index (χ2n) is 6.53. The van der Waals surface area contributed by atoms with E-state index in [2.05, 4.69) is 12.1 Å². The van der Waals surface area contributed by atoms with Crippen molar-refractivity contribution in [3.8, 4) is 0 Å². The van der Waals surface area contributed by atoms with Crippen molar-refractivity contribution < 1.29 is 10.3 Å². The van der Waals surface area contributed by atoms with Gasteiger partial charge in [0.25, 0.3) is 0 Å². The van der Waals surface area contributed by atoms with Gasteiger partial charge in [0.1, 0.15) is 0 Å². The van der Waals surface area contributed by atoms with E-state index in [9.17, 15) is 0 Å². The van der Waals surface area contributed by atoms with Gasteiger partial charge in [-0.25, -0.2) is 5.48 Å². The molecular formula is C19H39NO2. The number of hydrogen-bond donors (Lipinski definition) is 3. The molecule has 3 N–H and O–H groups in total. The van der Waals surface area contributed by atoms with Crippen LogP contribution in [0.5, 0.6) is 0 Å². The molecule has 0 atom stereocenters. The number of aliphatic hydroxyl groups is 1. The number of rotatable bonds is 18. The third kappa shape index (κ3) is 19.5. The van der Waals surface area contributed by atoms with Crippen LogP contribution in [-0.2, 0) is 0 Å². The minimum atomic E-state index is 0.335. The smallest absolute Gasteiger partial charge is 0.0851 e. The van der Waals surface area contributed by atoms with Crippen molar-refractivity contribution in [2.45, 2.75) is 103 Å². The van der Waals surface area contributed by atoms with Gasteiger partial charge in [-0.15, -0.1) is 0 Å². The van der Waals surface area contributed by atoms with Crippen molar-refractivity contribution in [1.82, 2.24) is 5.48 Å². The first kappa shape index (κ1) is 21.5. The first-order valence-electron chi connectivity index (χ1n) is 9.51. The minimum Gasteiger partial charge on any atom is -0.513 e. The molecule has 3 nitrogen and oxygen atoms in total. The fraction of sp³-hybridized carbons (Fsp3) is 0.895. The predicted octanol–water partition coefficient (Wildman–Crippen LogP) is 6.28. The normalized spacial score (nSPS) is 11.0. The Kier molecular flexibility index (Phi) is 18.1. The van der Waals surface area contributed by atoms with Crippen LogP contribution in [0, 0.1) is 0 Å². The number of unbranched alkanes of at least 4 members (excludes halogenated alkanes) is 14. The van der Waals surface area contributed by atoms with Gasteiger partial charge < -0.3 is 10.3 Å². The van der Waals surface area contributed by atoms with Crippen LogP contribution in [-0.4, -0.2) is 16.9 Å². The third-order valence-electron chi connectivity index (χ3n) is 4.25. The summed E-state index contributed by atoms with van der Waals surface area (Å²) in [6.45, 7) is 4.24. The topological polar surface area (TPSA) is 52.5 Å². The molecule has 0 saturated carbocycles. The van der Waals surface area contributed by atoms with Gasteiger partial charge in [0.15, 0.2) is 0 Å². The van der Waals surface area contributed by atoms with Crippen molar-refractivity contribution in [2.24, 2.45) is 0 Å². The van der Waals surface area contributed by atoms with Gasteiger partial charge in [-0.2, -0.15) is 0 Å². The number of allylic oxidation sites excluding steroid dienone is 1. The Morgan fingerprint density at radius 3 is 1.23 bits per heavy atom. The molecule has 0 heterocycles. The zero-order valence-electron chi connectivity index (χ0n) is 14.6. The van der Waals surface area contributed by atoms with Crippen LogP contribution in [0.4, 0.5) is 0 Å². The Labute approximate surface area is 138 Å². The molecule has 0 spiro atoms. The summed E-state index contributed by atoms with van der Waals surface area (Å²) in [7, 11) is 0. The lowest BCUT2D eigenvalue weighted by Crippen LogP contribution is -2.07. The summed E-state index contributed by atoms with van der Waals surface area (Å²) in [4.78, 5) is 0. The monoisotopic (exact) mass is 313 g/mol. The Morgan fingerprint density at radius 2 is 0.909 bits per heavy atom. The minimum absolute atomic E-state index is 0.335. The first-order valence-corrected chi connectivity index (χ1v) is 9.51. The Bertz CT molecular complexity index is 231. The van der Waals surface area contributed by atoms with E-state index in [1.165, 1.54) is 83.5 Å². The van der Waals surface area contributed by atoms with E-state index < -0.39 is 0 Å². The van der Waals surface area contributed by atoms with Gasteiger partial charge in [0.05, 0.1) is 5.76 Å². The SMILES string of the molecule is C=C(O)CCCCCCCCCCCCCCCCCNO. The largest absolute Gasteiger partial charge is 0.513 e. The third-order valence-corrected chi connectivity index (χ3v) is 4.25. The highest BCUT2D eigenvalue weighted by molar-refractivity contribution is 4.77. The van der Waals surface area contributed by atoms with Gasteiger partial charge in [-0.3, -0.25) is 0 Å². The fourth-order valence-electron chi connectivity index (χ4n) is 2.83. The van der Waals surface area contributed by atoms with Crippen LogP contribution in [0.1, 0.15) is 103 Å². The predicted molar refractivity (Wildman–Crippen MR) is 95.4 cm³/mol. The quantitative estimate of drug-likeness (QED) is 0.159. The summed E-state index contributed by atoms with van der Waals surface area (Å²) in [5.74, 6) is 0.335. The van der Waals surface area contributed by atoms with Crippen LogP contribution in [0.25, 0.3) is 0 Å². The summed E-state index contributed by atoms with van der Waals surface area (Å²) in [6.07, 6.45) is 20.5. The molecule has 0 unspecified atom stereocenters. The van der Waals surface area contributed by atoms with Gasteiger partial charge in [0, 0.05) is 13.0 Å². The highest BCUT2D eigenvalue weighted by Gasteiger charge is 1.95. The molecule has 0 aromatic carbocycles. The van der Waals surface area contributed by atoms with Crippen molar-refractivity contribution in [2.75, 3.05) is 6.54 Å². The van der Waals surface area contributed by atoms with E-state index in [0.717, 1.165) is 25.8 Å². The van der Waals surface area contributed by atoms with Gasteiger partial charge >= 0.3 is 0 Å². The summed E-state index contributed by atoms with van der Waals surface area (Å²) < 4.78 is 0. The molecule has 0 aromatic heterocycles. The van der Waals surface area contributed by atoms with Crippen LogP contribution in [0.15, 0.2) is 12.3 Å². The molecule has 0 rings (SSSR count). The van der Waals surface area contributed by atoms with Gasteiger partial charge in [-0.05, 0) is 12.8 Å². The molecule has 3 heteroatoms. The molecule has 0 saturated heterocycles. The van der Waals surface area contributed by atoms with Crippen molar-refractivity contribution in [1.29, 1.82) is 0 Å². The average Bonchev–Trinajstić information content (AvgIpc) is 2.50. The van der Waals surface area contributed by atoms with Crippen molar-refractivity contribution in [3.05, 3.63) is 12.3 Å². The molecule has 0 radical (unpaired) electrons. The molecule has 0 amide bonds. The van der Waals surface area contributed by atoms with E-state index in [-0.39, 0.29) is 0 Å². The molecule has 0 aromatic rings. The first-order chi connectivity index (χ1) is 10.8. The summed E-state index contributed by atoms with van der Waals surface area (Å²) in [5.41, 5.74) is 2.21. The van der Waals surface area contributed by atoms with Crippen LogP contribution >= 0.6 is 0 Å². The zero-order valence-corrected chi connectivity index (χ0v) is 14.6. The van der Waals surface area contributed by atoms with Crippen LogP contribution in [0.2, 0.25) is 0 Å². The van der Waals surface area contributed by atoms with E-state index in [0.29, 0.717) is 5.76 Å². The summed E-state index contributed by atoms with van der Waals surface area (Å²) in [6, 6.07) is 0. The van der Waals surface area contributed by atoms with Crippen molar-refractivity contribution >= 4 is 0 Å². The summed E-state index contributed by atoms with van der Waals surface area (Å²) in [5, 5.41) is 17.4. The number of hydrogen-bond acceptors (Lipinski definition) is 3. The molecule has 0 aliphatic carbocycles. The molecule has 0 aliphatic rings. The molecule has 0 fully saturated rings. The number of hydroxylamine groups is 1. The van der Waals surface area contributed by atoms with Crippen LogP contribution in [0.3, 0.4) is 0 Å². The fourth-order valence-corrected chi connectivity index (χ4v) is 2.83. The molecule has 0 bridgehead atoms. The van der Waals surface area contributed by atoms with E-state index in [1.807, 2.05) is 0 Å². The number of aliphatic hydroxyl groups excluding tert-OH is 1. The Hall–Kier alpha value is -0.540. The molecule has 0 aliphatic heterocycles. The van der Waals surface area contributed by atoms with Gasteiger partial charge in [-0.1, -0.05) is 90.0 Å². The molecular weight excluding hydrogens is 274 g/mol. The van der Waals surface area contributed by atoms with E-state index >= 15 is 0 Å². The second-order valence-corrected chi connectivity index (χ2v) is 6.53. The highest BCUT2D eigenvalue weighted by atomic mass is 16.5. The standard InChI is InChI=1S/C19H39NO2/c1-19(21)17-15-13-11-9-7-5-3-2-4-6-8-10-12-14-16-18-20-22/h20-22H,1-18H2. The lowest BCUT2D eigenvalue weighted by atomic mass is 10.0. The summed E-state index contributed by atoms with van der Waals surface area (Å²) >= 11 is 0. The Balaban J connectivity index is 2.95. The number of nitrogens with one attached hydrogen (secondary N) is 1. The van der Waals surface area contributed by atoms with Crippen LogP contribution < -0.4 is 5.48 Å². The highest BCUT2D eigenvalue weighted by Crippen LogP contribution is 2.14. The zero-order chi connectivity index (χ0) is 16.3. The maximum atomic E-state index is 8.97. The molecule has 132 valence electrons.